The molecule has 7 heteroatoms. The number of aliphatic carboxylic acids is 1. The minimum absolute atomic E-state index is 0.0328. The minimum atomic E-state index is -0.895. The van der Waals surface area contributed by atoms with Crippen LogP contribution in [0.1, 0.15) is 22.5 Å². The normalized spacial score (nSPS) is 10.6. The maximum atomic E-state index is 12.8. The number of nitrogens with one attached hydrogen (secondary N) is 1. The number of halogens is 2. The molecule has 0 spiro atoms. The summed E-state index contributed by atoms with van der Waals surface area (Å²) in [5.74, 6) is -1.20. The maximum Gasteiger partial charge on any atom is 0.303 e. The molecule has 2 N–H and O–H groups in total. The molecule has 0 fully saturated rings. The van der Waals surface area contributed by atoms with Gasteiger partial charge in [-0.25, -0.2) is 0 Å². The molecule has 1 heterocycles. The van der Waals surface area contributed by atoms with E-state index in [4.69, 9.17) is 16.7 Å². The van der Waals surface area contributed by atoms with Crippen molar-refractivity contribution in [1.29, 1.82) is 0 Å². The highest BCUT2D eigenvalue weighted by atomic mass is 79.9. The molecule has 0 atom stereocenters. The fourth-order valence-corrected chi connectivity index (χ4v) is 3.29. The lowest BCUT2D eigenvalue weighted by Crippen LogP contribution is -2.25. The van der Waals surface area contributed by atoms with Crippen molar-refractivity contribution in [2.75, 3.05) is 5.43 Å². The van der Waals surface area contributed by atoms with E-state index in [1.807, 2.05) is 30.3 Å². The average Bonchev–Trinajstić information content (AvgIpc) is 3.03. The maximum absolute atomic E-state index is 12.8. The summed E-state index contributed by atoms with van der Waals surface area (Å²) in [5.41, 5.74) is 5.65. The Bertz CT molecular complexity index is 983. The highest BCUT2D eigenvalue weighted by Crippen LogP contribution is 2.25. The lowest BCUT2D eigenvalue weighted by Gasteiger charge is -2.15. The van der Waals surface area contributed by atoms with Crippen LogP contribution in [-0.2, 0) is 11.2 Å². The molecule has 138 valence electrons. The molecule has 0 aliphatic carbocycles. The molecular weight excluding hydrogens is 432 g/mol. The summed E-state index contributed by atoms with van der Waals surface area (Å²) >= 11 is 9.34. The van der Waals surface area contributed by atoms with Gasteiger partial charge in [0.2, 0.25) is 0 Å². The number of rotatable bonds is 6. The quantitative estimate of drug-likeness (QED) is 0.560. The van der Waals surface area contributed by atoms with E-state index in [9.17, 15) is 9.59 Å². The van der Waals surface area contributed by atoms with Gasteiger partial charge >= 0.3 is 5.97 Å². The van der Waals surface area contributed by atoms with E-state index in [1.165, 1.54) is 0 Å². The third-order valence-electron chi connectivity index (χ3n) is 4.03. The van der Waals surface area contributed by atoms with E-state index in [-0.39, 0.29) is 12.3 Å². The largest absolute Gasteiger partial charge is 0.481 e. The molecule has 0 saturated carbocycles. The molecule has 0 saturated heterocycles. The van der Waals surface area contributed by atoms with Crippen LogP contribution in [0.3, 0.4) is 0 Å². The fourth-order valence-electron chi connectivity index (χ4n) is 2.69. The van der Waals surface area contributed by atoms with Gasteiger partial charge in [-0.1, -0.05) is 35.9 Å². The van der Waals surface area contributed by atoms with Crippen molar-refractivity contribution in [1.82, 2.24) is 4.68 Å². The Balaban J connectivity index is 1.98. The van der Waals surface area contributed by atoms with E-state index < -0.39 is 5.97 Å². The van der Waals surface area contributed by atoms with Crippen molar-refractivity contribution in [3.8, 4) is 11.3 Å². The number of amides is 1. The Hall–Kier alpha value is -2.57. The summed E-state index contributed by atoms with van der Waals surface area (Å²) < 4.78 is 2.31. The molecule has 0 aliphatic heterocycles. The second-order valence-electron chi connectivity index (χ2n) is 5.87. The molecule has 3 rings (SSSR count). The van der Waals surface area contributed by atoms with Crippen LogP contribution >= 0.6 is 27.5 Å². The Morgan fingerprint density at radius 3 is 2.41 bits per heavy atom. The van der Waals surface area contributed by atoms with E-state index >= 15 is 0 Å². The van der Waals surface area contributed by atoms with Gasteiger partial charge in [0.25, 0.3) is 5.91 Å². The summed E-state index contributed by atoms with van der Waals surface area (Å²) in [6.07, 6.45) is 0.258. The number of nitrogens with zero attached hydrogens (tertiary/aromatic N) is 1. The van der Waals surface area contributed by atoms with Gasteiger partial charge in [0.1, 0.15) is 0 Å². The third kappa shape index (κ3) is 4.59. The molecule has 0 radical (unpaired) electrons. The number of hydrogen-bond donors (Lipinski definition) is 2. The Morgan fingerprint density at radius 2 is 1.74 bits per heavy atom. The zero-order chi connectivity index (χ0) is 19.4. The molecular formula is C20H16BrClN2O3. The number of carbonyl (C=O) groups excluding carboxylic acids is 1. The molecule has 2 aromatic carbocycles. The Labute approximate surface area is 169 Å². The van der Waals surface area contributed by atoms with Crippen molar-refractivity contribution in [2.24, 2.45) is 0 Å². The highest BCUT2D eigenvalue weighted by Gasteiger charge is 2.16. The lowest BCUT2D eigenvalue weighted by molar-refractivity contribution is -0.136. The summed E-state index contributed by atoms with van der Waals surface area (Å²) in [6, 6.07) is 18.0. The predicted molar refractivity (Wildman–Crippen MR) is 109 cm³/mol. The van der Waals surface area contributed by atoms with Crippen molar-refractivity contribution >= 4 is 39.4 Å². The van der Waals surface area contributed by atoms with Gasteiger partial charge in [-0.3, -0.25) is 19.7 Å². The summed E-state index contributed by atoms with van der Waals surface area (Å²) in [7, 11) is 0. The predicted octanol–water partition coefficient (Wildman–Crippen LogP) is 4.97. The van der Waals surface area contributed by atoms with Crippen molar-refractivity contribution in [3.05, 3.63) is 81.4 Å². The van der Waals surface area contributed by atoms with Crippen molar-refractivity contribution in [3.63, 3.8) is 0 Å². The highest BCUT2D eigenvalue weighted by molar-refractivity contribution is 9.10. The van der Waals surface area contributed by atoms with E-state index in [2.05, 4.69) is 21.4 Å². The number of carboxylic acid groups (broad SMARTS) is 1. The molecule has 1 amide bonds. The smallest absolute Gasteiger partial charge is 0.303 e. The van der Waals surface area contributed by atoms with Crippen LogP contribution in [0.4, 0.5) is 0 Å². The molecule has 0 bridgehead atoms. The van der Waals surface area contributed by atoms with Gasteiger partial charge < -0.3 is 5.11 Å². The zero-order valence-corrected chi connectivity index (χ0v) is 16.5. The number of carbonyl (C=O) groups is 2. The van der Waals surface area contributed by atoms with Crippen LogP contribution in [0.25, 0.3) is 11.3 Å². The molecule has 5 nitrogen and oxygen atoms in total. The van der Waals surface area contributed by atoms with Crippen LogP contribution < -0.4 is 5.43 Å². The standard InChI is InChI=1S/C20H16BrClN2O3/c21-17-4-2-1-3-16(17)20(27)23-24-15(10-12-19(25)26)9-11-18(24)13-5-7-14(22)8-6-13/h1-9,11H,10,12H2,(H,23,27)(H,25,26). The SMILES string of the molecule is O=C(O)CCc1ccc(-c2ccc(Cl)cc2)n1NC(=O)c1ccccc1Br. The number of benzene rings is 2. The first-order valence-corrected chi connectivity index (χ1v) is 9.37. The second kappa shape index (κ2) is 8.41. The van der Waals surface area contributed by atoms with Crippen LogP contribution in [0.15, 0.2) is 65.1 Å². The molecule has 3 aromatic rings. The Kier molecular flexibility index (Phi) is 5.98. The van der Waals surface area contributed by atoms with E-state index in [0.29, 0.717) is 27.2 Å². The van der Waals surface area contributed by atoms with E-state index in [0.717, 1.165) is 11.3 Å². The van der Waals surface area contributed by atoms with Gasteiger partial charge in [0.05, 0.1) is 17.7 Å². The monoisotopic (exact) mass is 446 g/mol. The molecule has 0 aliphatic rings. The molecule has 27 heavy (non-hydrogen) atoms. The van der Waals surface area contributed by atoms with Crippen LogP contribution in [0, 0.1) is 0 Å². The van der Waals surface area contributed by atoms with Gasteiger partial charge in [0.15, 0.2) is 0 Å². The third-order valence-corrected chi connectivity index (χ3v) is 4.97. The lowest BCUT2D eigenvalue weighted by atomic mass is 10.1. The van der Waals surface area contributed by atoms with Gasteiger partial charge in [0, 0.05) is 27.2 Å². The first-order valence-electron chi connectivity index (χ1n) is 8.20. The summed E-state index contributed by atoms with van der Waals surface area (Å²) in [5, 5.41) is 9.61. The summed E-state index contributed by atoms with van der Waals surface area (Å²) in [6.45, 7) is 0. The van der Waals surface area contributed by atoms with Crippen LogP contribution in [0.5, 0.6) is 0 Å². The van der Waals surface area contributed by atoms with Crippen LogP contribution in [-0.4, -0.2) is 21.7 Å². The Morgan fingerprint density at radius 1 is 1.04 bits per heavy atom. The number of hydrogen-bond acceptors (Lipinski definition) is 2. The number of aryl methyl sites for hydroxylation is 1. The first-order chi connectivity index (χ1) is 13.0. The van der Waals surface area contributed by atoms with Gasteiger partial charge in [-0.15, -0.1) is 0 Å². The summed E-state index contributed by atoms with van der Waals surface area (Å²) in [4.78, 5) is 23.7. The first kappa shape index (κ1) is 19.2. The number of carboxylic acids is 1. The van der Waals surface area contributed by atoms with E-state index in [1.54, 1.807) is 35.0 Å². The zero-order valence-electron chi connectivity index (χ0n) is 14.2. The topological polar surface area (TPSA) is 71.3 Å². The van der Waals surface area contributed by atoms with Crippen molar-refractivity contribution in [2.45, 2.75) is 12.8 Å². The molecule has 1 aromatic heterocycles. The minimum Gasteiger partial charge on any atom is -0.481 e. The van der Waals surface area contributed by atoms with Crippen molar-refractivity contribution < 1.29 is 14.7 Å². The van der Waals surface area contributed by atoms with Crippen LogP contribution in [0.2, 0.25) is 5.02 Å². The molecule has 0 unspecified atom stereocenters. The van der Waals surface area contributed by atoms with Gasteiger partial charge in [-0.2, -0.15) is 0 Å². The second-order valence-corrected chi connectivity index (χ2v) is 7.16. The number of aromatic nitrogens is 1. The fraction of sp³-hybridized carbons (Fsp3) is 0.100. The van der Waals surface area contributed by atoms with Gasteiger partial charge in [-0.05, 0) is 52.3 Å². The average molecular weight is 448 g/mol.